The van der Waals surface area contributed by atoms with E-state index in [0.717, 1.165) is 31.4 Å². The number of aliphatic imine (C=N–C) groups is 1. The summed E-state index contributed by atoms with van der Waals surface area (Å²) < 4.78 is 27.2. The van der Waals surface area contributed by atoms with Gasteiger partial charge in [0.25, 0.3) is 0 Å². The molecule has 1 aromatic rings. The van der Waals surface area contributed by atoms with Crippen molar-refractivity contribution in [2.24, 2.45) is 16.1 Å². The molecular weight excluding hydrogens is 440 g/mol. The Morgan fingerprint density at radius 1 is 1.09 bits per heavy atom. The van der Waals surface area contributed by atoms with Gasteiger partial charge in [0.2, 0.25) is 5.91 Å². The number of likely N-dealkylation sites (N-methyl/N-ethyl adjacent to an activating group) is 1. The summed E-state index contributed by atoms with van der Waals surface area (Å²) in [6, 6.07) is 2.13. The molecule has 2 fully saturated rings. The zero-order valence-corrected chi connectivity index (χ0v) is 20.5. The van der Waals surface area contributed by atoms with E-state index in [-0.39, 0.29) is 11.6 Å². The molecule has 1 aromatic carbocycles. The maximum absolute atomic E-state index is 13.8. The van der Waals surface area contributed by atoms with E-state index >= 15 is 0 Å². The van der Waals surface area contributed by atoms with Gasteiger partial charge in [0.05, 0.1) is 5.71 Å². The molecular formula is C25H35F2N5O2. The second kappa shape index (κ2) is 10.6. The number of hydrogen-bond donors (Lipinski definition) is 2. The summed E-state index contributed by atoms with van der Waals surface area (Å²) in [7, 11) is 1.91. The Hall–Kier alpha value is -2.81. The maximum Gasteiger partial charge on any atom is 0.341 e. The molecule has 1 atom stereocenters. The summed E-state index contributed by atoms with van der Waals surface area (Å²) in [5.74, 6) is -2.05. The number of hydrogen-bond acceptors (Lipinski definition) is 4. The Morgan fingerprint density at radius 2 is 1.76 bits per heavy atom. The Morgan fingerprint density at radius 3 is 2.38 bits per heavy atom. The number of nitrogens with two attached hydrogens (primary N) is 1. The van der Waals surface area contributed by atoms with Crippen LogP contribution in [0.3, 0.4) is 0 Å². The number of benzene rings is 1. The number of amides is 3. The lowest BCUT2D eigenvalue weighted by Crippen LogP contribution is -2.55. The first-order chi connectivity index (χ1) is 16.0. The number of halogens is 2. The lowest BCUT2D eigenvalue weighted by Gasteiger charge is -2.36. The van der Waals surface area contributed by atoms with Crippen LogP contribution < -0.4 is 11.1 Å². The summed E-state index contributed by atoms with van der Waals surface area (Å²) in [6.07, 6.45) is 3.49. The first-order valence-electron chi connectivity index (χ1n) is 11.8. The zero-order valence-electron chi connectivity index (χ0n) is 20.5. The van der Waals surface area contributed by atoms with E-state index in [1.54, 1.807) is 0 Å². The summed E-state index contributed by atoms with van der Waals surface area (Å²) >= 11 is 0. The van der Waals surface area contributed by atoms with Gasteiger partial charge >= 0.3 is 6.03 Å². The van der Waals surface area contributed by atoms with Crippen molar-refractivity contribution in [3.8, 4) is 0 Å². The monoisotopic (exact) mass is 475 g/mol. The normalized spacial score (nSPS) is 21.4. The van der Waals surface area contributed by atoms with Crippen molar-refractivity contribution in [3.05, 3.63) is 41.0 Å². The molecule has 0 radical (unpaired) electrons. The van der Waals surface area contributed by atoms with Gasteiger partial charge in [-0.3, -0.25) is 4.79 Å². The Balaban J connectivity index is 1.87. The fourth-order valence-corrected chi connectivity index (χ4v) is 4.31. The van der Waals surface area contributed by atoms with Crippen LogP contribution >= 0.6 is 0 Å². The number of urea groups is 1. The smallest absolute Gasteiger partial charge is 0.341 e. The number of nitrogens with one attached hydrogen (secondary N) is 1. The standard InChI is InChI=1S/C25H35F2N5O2/c1-25(2,3)22(23(33)32-11-6-5-7-12-32)30-24(34)29-20-10-13-31(4)15-17(20)21(28)16-8-9-18(26)19(27)14-16/h8-9,14,22H,5-7,10-13,15,28H2,1-4H3,(H,30,34)/t22-/m1/s1. The lowest BCUT2D eigenvalue weighted by atomic mass is 9.85. The SMILES string of the molecule is CN1CCC(=NC(=O)N[C@H](C(=O)N2CCCCC2)C(C)(C)C)C(=C(N)c2ccc(F)c(F)c2)C1. The molecule has 0 saturated carbocycles. The van der Waals surface area contributed by atoms with Gasteiger partial charge in [0.15, 0.2) is 11.6 Å². The molecule has 2 heterocycles. The van der Waals surface area contributed by atoms with E-state index in [2.05, 4.69) is 10.3 Å². The highest BCUT2D eigenvalue weighted by atomic mass is 19.2. The molecule has 0 aliphatic carbocycles. The van der Waals surface area contributed by atoms with Crippen LogP contribution in [-0.2, 0) is 4.79 Å². The van der Waals surface area contributed by atoms with E-state index in [1.807, 2.05) is 37.6 Å². The molecule has 3 N–H and O–H groups in total. The highest BCUT2D eigenvalue weighted by molar-refractivity contribution is 6.11. The minimum Gasteiger partial charge on any atom is -0.398 e. The van der Waals surface area contributed by atoms with Crippen LogP contribution in [0.25, 0.3) is 5.70 Å². The zero-order chi connectivity index (χ0) is 25.0. The summed E-state index contributed by atoms with van der Waals surface area (Å²) in [5.41, 5.74) is 7.46. The van der Waals surface area contributed by atoms with Crippen LogP contribution in [0.15, 0.2) is 28.8 Å². The quantitative estimate of drug-likeness (QED) is 0.700. The Labute approximate surface area is 200 Å². The van der Waals surface area contributed by atoms with Crippen molar-refractivity contribution >= 4 is 23.3 Å². The molecule has 0 unspecified atom stereocenters. The van der Waals surface area contributed by atoms with Gasteiger partial charge in [-0.25, -0.2) is 13.6 Å². The first kappa shape index (κ1) is 25.8. The number of nitrogens with zero attached hydrogens (tertiary/aromatic N) is 3. The molecule has 3 amide bonds. The number of likely N-dealkylation sites (tertiary alicyclic amines) is 2. The molecule has 9 heteroatoms. The maximum atomic E-state index is 13.8. The summed E-state index contributed by atoms with van der Waals surface area (Å²) in [5, 5.41) is 2.82. The van der Waals surface area contributed by atoms with Gasteiger partial charge in [0.1, 0.15) is 6.04 Å². The predicted octanol–water partition coefficient (Wildman–Crippen LogP) is 3.55. The molecule has 2 aliphatic rings. The fraction of sp³-hybridized carbons (Fsp3) is 0.560. The molecule has 34 heavy (non-hydrogen) atoms. The second-order valence-corrected chi connectivity index (χ2v) is 10.2. The lowest BCUT2D eigenvalue weighted by molar-refractivity contribution is -0.136. The second-order valence-electron chi connectivity index (χ2n) is 10.2. The van der Waals surface area contributed by atoms with E-state index < -0.39 is 29.1 Å². The van der Waals surface area contributed by atoms with Gasteiger partial charge in [-0.05, 0) is 49.9 Å². The van der Waals surface area contributed by atoms with Crippen molar-refractivity contribution in [2.45, 2.75) is 52.5 Å². The average molecular weight is 476 g/mol. The van der Waals surface area contributed by atoms with Crippen molar-refractivity contribution in [2.75, 3.05) is 33.2 Å². The van der Waals surface area contributed by atoms with Crippen LogP contribution in [-0.4, -0.2) is 66.7 Å². The van der Waals surface area contributed by atoms with Crippen molar-refractivity contribution < 1.29 is 18.4 Å². The third-order valence-corrected chi connectivity index (χ3v) is 6.35. The number of piperidine rings is 2. The summed E-state index contributed by atoms with van der Waals surface area (Å²) in [6.45, 7) is 8.20. The fourth-order valence-electron chi connectivity index (χ4n) is 4.31. The van der Waals surface area contributed by atoms with Gasteiger partial charge in [0, 0.05) is 49.4 Å². The Bertz CT molecular complexity index is 994. The van der Waals surface area contributed by atoms with E-state index in [0.29, 0.717) is 49.4 Å². The van der Waals surface area contributed by atoms with Crippen molar-refractivity contribution in [3.63, 3.8) is 0 Å². The van der Waals surface area contributed by atoms with Crippen LogP contribution in [0, 0.1) is 17.0 Å². The molecule has 2 saturated heterocycles. The van der Waals surface area contributed by atoms with Crippen molar-refractivity contribution in [1.82, 2.24) is 15.1 Å². The summed E-state index contributed by atoms with van der Waals surface area (Å²) in [4.78, 5) is 34.3. The topological polar surface area (TPSA) is 91.0 Å². The highest BCUT2D eigenvalue weighted by Gasteiger charge is 2.36. The minimum absolute atomic E-state index is 0.0961. The van der Waals surface area contributed by atoms with Crippen LogP contribution in [0.5, 0.6) is 0 Å². The Kier molecular flexibility index (Phi) is 8.07. The van der Waals surface area contributed by atoms with E-state index in [9.17, 15) is 18.4 Å². The predicted molar refractivity (Wildman–Crippen MR) is 129 cm³/mol. The minimum atomic E-state index is -0.995. The molecule has 0 bridgehead atoms. The molecule has 186 valence electrons. The first-order valence-corrected chi connectivity index (χ1v) is 11.8. The third kappa shape index (κ3) is 6.20. The molecule has 0 spiro atoms. The molecule has 3 rings (SSSR count). The average Bonchev–Trinajstić information content (AvgIpc) is 2.79. The largest absolute Gasteiger partial charge is 0.398 e. The molecule has 2 aliphatic heterocycles. The van der Waals surface area contributed by atoms with E-state index in [4.69, 9.17) is 5.73 Å². The van der Waals surface area contributed by atoms with Gasteiger partial charge in [-0.1, -0.05) is 20.8 Å². The van der Waals surface area contributed by atoms with E-state index in [1.165, 1.54) is 6.07 Å². The number of rotatable bonds is 3. The third-order valence-electron chi connectivity index (χ3n) is 6.35. The number of carbonyl (C=O) groups is 2. The van der Waals surface area contributed by atoms with Crippen LogP contribution in [0.4, 0.5) is 13.6 Å². The van der Waals surface area contributed by atoms with Gasteiger partial charge in [-0.15, -0.1) is 0 Å². The van der Waals surface area contributed by atoms with Gasteiger partial charge in [-0.2, -0.15) is 4.99 Å². The molecule has 7 nitrogen and oxygen atoms in total. The number of carbonyl (C=O) groups excluding carboxylic acids is 2. The van der Waals surface area contributed by atoms with Crippen LogP contribution in [0.2, 0.25) is 0 Å². The molecule has 0 aromatic heterocycles. The highest BCUT2D eigenvalue weighted by Crippen LogP contribution is 2.25. The van der Waals surface area contributed by atoms with Crippen molar-refractivity contribution in [1.29, 1.82) is 0 Å². The van der Waals surface area contributed by atoms with Crippen LogP contribution in [0.1, 0.15) is 52.0 Å². The van der Waals surface area contributed by atoms with Gasteiger partial charge < -0.3 is 20.9 Å².